The number of benzene rings is 2. The summed E-state index contributed by atoms with van der Waals surface area (Å²) >= 11 is 5.46. The van der Waals surface area contributed by atoms with E-state index >= 15 is 0 Å². The smallest absolute Gasteiger partial charge is 0.317 e. The van der Waals surface area contributed by atoms with E-state index in [-0.39, 0.29) is 24.6 Å². The highest BCUT2D eigenvalue weighted by Crippen LogP contribution is 2.33. The highest BCUT2D eigenvalue weighted by Gasteiger charge is 2.35. The largest absolute Gasteiger partial charge is 0.416 e. The minimum Gasteiger partial charge on any atom is -0.317 e. The molecule has 0 saturated heterocycles. The third-order valence-electron chi connectivity index (χ3n) is 4.03. The first-order valence-corrected chi connectivity index (χ1v) is 8.76. The monoisotopic (exact) mass is 410 g/mol. The first kappa shape index (κ1) is 19.9. The van der Waals surface area contributed by atoms with E-state index in [1.165, 1.54) is 17.0 Å². The molecule has 5 nitrogen and oxygen atoms in total. The number of hydrogen-bond acceptors (Lipinski definition) is 4. The number of oxime groups is 1. The molecule has 9 heteroatoms. The van der Waals surface area contributed by atoms with E-state index < -0.39 is 23.6 Å². The molecule has 0 N–H and O–H groups in total. The number of anilines is 1. The van der Waals surface area contributed by atoms with Gasteiger partial charge in [-0.2, -0.15) is 13.2 Å². The fourth-order valence-electron chi connectivity index (χ4n) is 2.75. The van der Waals surface area contributed by atoms with Gasteiger partial charge in [0.15, 0.2) is 5.71 Å². The van der Waals surface area contributed by atoms with Crippen molar-refractivity contribution in [2.75, 3.05) is 10.8 Å². The third-order valence-corrected chi connectivity index (χ3v) is 4.22. The number of halogens is 4. The Morgan fingerprint density at radius 1 is 1.14 bits per heavy atom. The lowest BCUT2D eigenvalue weighted by molar-refractivity contribution is -0.143. The molecule has 146 valence electrons. The van der Waals surface area contributed by atoms with Crippen LogP contribution in [0.4, 0.5) is 18.9 Å². The molecule has 0 aliphatic carbocycles. The molecule has 1 aliphatic heterocycles. The number of fused-ring (bicyclic) bond motifs is 1. The Balaban J connectivity index is 1.90. The molecule has 0 unspecified atom stereocenters. The van der Waals surface area contributed by atoms with Crippen LogP contribution in [0.15, 0.2) is 53.7 Å². The summed E-state index contributed by atoms with van der Waals surface area (Å²) in [5.41, 5.74) is 0.313. The third kappa shape index (κ3) is 4.17. The van der Waals surface area contributed by atoms with Crippen LogP contribution in [0.25, 0.3) is 0 Å². The van der Waals surface area contributed by atoms with Crippen LogP contribution in [0.1, 0.15) is 23.1 Å². The summed E-state index contributed by atoms with van der Waals surface area (Å²) in [5.74, 6) is -1.21. The maximum absolute atomic E-state index is 12.9. The van der Waals surface area contributed by atoms with Gasteiger partial charge in [-0.1, -0.05) is 35.5 Å². The van der Waals surface area contributed by atoms with Gasteiger partial charge in [0.1, 0.15) is 0 Å². The number of para-hydroxylation sites is 1. The zero-order chi connectivity index (χ0) is 20.3. The lowest BCUT2D eigenvalue weighted by Gasteiger charge is -2.17. The molecule has 0 radical (unpaired) electrons. The SMILES string of the molecule is O=C(CCCl)O/N=C1/C(=O)N(Cc2cccc(C(F)(F)F)c2)c2ccccc21. The Labute approximate surface area is 163 Å². The van der Waals surface area contributed by atoms with Crippen molar-refractivity contribution in [3.63, 3.8) is 0 Å². The number of hydrogen-bond donors (Lipinski definition) is 0. The van der Waals surface area contributed by atoms with E-state index in [2.05, 4.69) is 5.16 Å². The Kier molecular flexibility index (Phi) is 5.69. The number of rotatable bonds is 5. The van der Waals surface area contributed by atoms with Crippen LogP contribution in [0.2, 0.25) is 0 Å². The molecule has 0 atom stereocenters. The number of carbonyl (C=O) groups is 2. The van der Waals surface area contributed by atoms with E-state index in [0.717, 1.165) is 12.1 Å². The van der Waals surface area contributed by atoms with E-state index in [4.69, 9.17) is 16.4 Å². The van der Waals surface area contributed by atoms with Gasteiger partial charge in [0.05, 0.1) is 24.2 Å². The van der Waals surface area contributed by atoms with E-state index in [1.807, 2.05) is 0 Å². The Bertz CT molecular complexity index is 944. The molecule has 1 heterocycles. The van der Waals surface area contributed by atoms with E-state index in [1.54, 1.807) is 24.3 Å². The molecule has 3 rings (SSSR count). The van der Waals surface area contributed by atoms with Crippen molar-refractivity contribution in [1.29, 1.82) is 0 Å². The number of nitrogens with zero attached hydrogens (tertiary/aromatic N) is 2. The summed E-state index contributed by atoms with van der Waals surface area (Å²) in [7, 11) is 0. The Hall–Kier alpha value is -2.87. The summed E-state index contributed by atoms with van der Waals surface area (Å²) in [5, 5.41) is 3.65. The second kappa shape index (κ2) is 8.02. The molecule has 0 spiro atoms. The molecule has 0 bridgehead atoms. The molecule has 1 amide bonds. The number of amides is 1. The van der Waals surface area contributed by atoms with Crippen molar-refractivity contribution in [3.8, 4) is 0 Å². The van der Waals surface area contributed by atoms with Gasteiger partial charge in [0, 0.05) is 11.4 Å². The van der Waals surface area contributed by atoms with Crippen LogP contribution in [0, 0.1) is 0 Å². The van der Waals surface area contributed by atoms with Crippen molar-refractivity contribution in [3.05, 3.63) is 65.2 Å². The maximum atomic E-state index is 12.9. The van der Waals surface area contributed by atoms with Crippen molar-refractivity contribution in [2.24, 2.45) is 5.16 Å². The van der Waals surface area contributed by atoms with Gasteiger partial charge in [-0.05, 0) is 23.8 Å². The van der Waals surface area contributed by atoms with Gasteiger partial charge < -0.3 is 9.74 Å². The van der Waals surface area contributed by atoms with Gasteiger partial charge in [-0.3, -0.25) is 4.79 Å². The first-order chi connectivity index (χ1) is 13.3. The Morgan fingerprint density at radius 2 is 1.89 bits per heavy atom. The summed E-state index contributed by atoms with van der Waals surface area (Å²) in [4.78, 5) is 30.3. The lowest BCUT2D eigenvalue weighted by atomic mass is 10.1. The second-order valence-corrected chi connectivity index (χ2v) is 6.33. The molecule has 0 saturated carbocycles. The first-order valence-electron chi connectivity index (χ1n) is 8.22. The highest BCUT2D eigenvalue weighted by atomic mass is 35.5. The zero-order valence-corrected chi connectivity index (χ0v) is 15.1. The predicted octanol–water partition coefficient (Wildman–Crippen LogP) is 4.13. The van der Waals surface area contributed by atoms with Crippen LogP contribution in [-0.2, 0) is 27.1 Å². The topological polar surface area (TPSA) is 59.0 Å². The average molecular weight is 411 g/mol. The molecule has 0 aromatic heterocycles. The molecule has 1 aliphatic rings. The molecule has 28 heavy (non-hydrogen) atoms. The van der Waals surface area contributed by atoms with Gasteiger partial charge >= 0.3 is 12.1 Å². The fraction of sp³-hybridized carbons (Fsp3) is 0.211. The highest BCUT2D eigenvalue weighted by molar-refractivity contribution is 6.54. The minimum atomic E-state index is -4.48. The summed E-state index contributed by atoms with van der Waals surface area (Å²) in [6.07, 6.45) is -4.55. The average Bonchev–Trinajstić information content (AvgIpc) is 2.91. The Morgan fingerprint density at radius 3 is 2.61 bits per heavy atom. The predicted molar refractivity (Wildman–Crippen MR) is 97.0 cm³/mol. The molecule has 2 aromatic carbocycles. The van der Waals surface area contributed by atoms with Gasteiger partial charge in [-0.15, -0.1) is 11.6 Å². The second-order valence-electron chi connectivity index (χ2n) is 5.95. The molecular weight excluding hydrogens is 397 g/mol. The van der Waals surface area contributed by atoms with Crippen molar-refractivity contribution >= 4 is 34.9 Å². The minimum absolute atomic E-state index is 0.0515. The van der Waals surface area contributed by atoms with Crippen molar-refractivity contribution in [1.82, 2.24) is 0 Å². The normalized spacial score (nSPS) is 15.1. The van der Waals surface area contributed by atoms with Crippen molar-refractivity contribution in [2.45, 2.75) is 19.1 Å². The maximum Gasteiger partial charge on any atom is 0.416 e. The quantitative estimate of drug-likeness (QED) is 0.423. The lowest BCUT2D eigenvalue weighted by Crippen LogP contribution is -2.30. The van der Waals surface area contributed by atoms with Gasteiger partial charge in [0.25, 0.3) is 5.91 Å². The van der Waals surface area contributed by atoms with Crippen LogP contribution in [-0.4, -0.2) is 23.5 Å². The summed E-state index contributed by atoms with van der Waals surface area (Å²) in [6, 6.07) is 11.4. The van der Waals surface area contributed by atoms with E-state index in [9.17, 15) is 22.8 Å². The number of alkyl halides is 4. The van der Waals surface area contributed by atoms with Crippen LogP contribution in [0.5, 0.6) is 0 Å². The van der Waals surface area contributed by atoms with Crippen LogP contribution < -0.4 is 4.90 Å². The summed E-state index contributed by atoms with van der Waals surface area (Å²) in [6.45, 7) is -0.0889. The summed E-state index contributed by atoms with van der Waals surface area (Å²) < 4.78 is 38.8. The molecular formula is C19H14ClF3N2O3. The van der Waals surface area contributed by atoms with E-state index in [0.29, 0.717) is 16.8 Å². The van der Waals surface area contributed by atoms with Crippen LogP contribution in [0.3, 0.4) is 0 Å². The van der Waals surface area contributed by atoms with Gasteiger partial charge in [0.2, 0.25) is 0 Å². The van der Waals surface area contributed by atoms with Gasteiger partial charge in [-0.25, -0.2) is 4.79 Å². The van der Waals surface area contributed by atoms with Crippen LogP contribution >= 0.6 is 11.6 Å². The standard InChI is InChI=1S/C19H14ClF3N2O3/c20-9-8-16(26)28-24-17-14-6-1-2-7-15(14)25(18(17)27)11-12-4-3-5-13(10-12)19(21,22)23/h1-7,10H,8-9,11H2/b24-17+. The molecule has 2 aromatic rings. The zero-order valence-electron chi connectivity index (χ0n) is 14.4. The number of carbonyl (C=O) groups excluding carboxylic acids is 2. The molecule has 0 fully saturated rings. The van der Waals surface area contributed by atoms with Crippen molar-refractivity contribution < 1.29 is 27.6 Å². The fourth-order valence-corrected chi connectivity index (χ4v) is 2.91.